The van der Waals surface area contributed by atoms with Crippen molar-refractivity contribution in [3.63, 3.8) is 0 Å². The first kappa shape index (κ1) is 14.4. The fourth-order valence-electron chi connectivity index (χ4n) is 2.78. The predicted octanol–water partition coefficient (Wildman–Crippen LogP) is 1.59. The molecule has 4 heteroatoms. The largest absolute Gasteiger partial charge is 0.380 e. The van der Waals surface area contributed by atoms with E-state index in [0.29, 0.717) is 12.1 Å². The normalized spacial score (nSPS) is 23.8. The van der Waals surface area contributed by atoms with E-state index in [1.165, 1.54) is 0 Å². The number of aromatic nitrogens is 1. The maximum Gasteiger partial charge on any atom is 0.0637 e. The third-order valence-corrected chi connectivity index (χ3v) is 3.88. The second-order valence-electron chi connectivity index (χ2n) is 5.16. The van der Waals surface area contributed by atoms with Crippen molar-refractivity contribution in [3.05, 3.63) is 29.6 Å². The molecule has 0 spiro atoms. The Labute approximate surface area is 116 Å². The average molecular weight is 263 g/mol. The SMILES string of the molecule is CCN(Cc1cccc(C)n1)C1COCCC1NC. The molecular weight excluding hydrogens is 238 g/mol. The van der Waals surface area contributed by atoms with Crippen molar-refractivity contribution < 1.29 is 4.74 Å². The molecule has 1 aromatic heterocycles. The first-order chi connectivity index (χ1) is 9.24. The monoisotopic (exact) mass is 263 g/mol. The minimum Gasteiger partial charge on any atom is -0.380 e. The molecule has 1 saturated heterocycles. The van der Waals surface area contributed by atoms with Gasteiger partial charge in [-0.25, -0.2) is 0 Å². The molecule has 0 bridgehead atoms. The van der Waals surface area contributed by atoms with E-state index in [-0.39, 0.29) is 0 Å². The number of nitrogens with zero attached hydrogens (tertiary/aromatic N) is 2. The summed E-state index contributed by atoms with van der Waals surface area (Å²) in [7, 11) is 2.04. The Morgan fingerprint density at radius 1 is 1.47 bits per heavy atom. The van der Waals surface area contributed by atoms with Gasteiger partial charge in [-0.05, 0) is 39.1 Å². The minimum atomic E-state index is 0.436. The topological polar surface area (TPSA) is 37.4 Å². The van der Waals surface area contributed by atoms with E-state index in [2.05, 4.69) is 34.3 Å². The second kappa shape index (κ2) is 6.98. The van der Waals surface area contributed by atoms with Gasteiger partial charge >= 0.3 is 0 Å². The summed E-state index contributed by atoms with van der Waals surface area (Å²) in [4.78, 5) is 7.06. The fourth-order valence-corrected chi connectivity index (χ4v) is 2.78. The van der Waals surface area contributed by atoms with Gasteiger partial charge in [0.05, 0.1) is 12.3 Å². The van der Waals surface area contributed by atoms with E-state index in [1.54, 1.807) is 0 Å². The lowest BCUT2D eigenvalue weighted by molar-refractivity contribution is -0.00319. The summed E-state index contributed by atoms with van der Waals surface area (Å²) in [6, 6.07) is 7.18. The van der Waals surface area contributed by atoms with Crippen LogP contribution < -0.4 is 5.32 Å². The Morgan fingerprint density at radius 3 is 3.00 bits per heavy atom. The first-order valence-corrected chi connectivity index (χ1v) is 7.16. The van der Waals surface area contributed by atoms with Crippen LogP contribution in [-0.2, 0) is 11.3 Å². The zero-order valence-corrected chi connectivity index (χ0v) is 12.2. The van der Waals surface area contributed by atoms with Gasteiger partial charge < -0.3 is 10.1 Å². The van der Waals surface area contributed by atoms with Crippen LogP contribution in [-0.4, -0.2) is 48.8 Å². The van der Waals surface area contributed by atoms with Crippen LogP contribution in [0.15, 0.2) is 18.2 Å². The zero-order chi connectivity index (χ0) is 13.7. The van der Waals surface area contributed by atoms with Crippen LogP contribution >= 0.6 is 0 Å². The van der Waals surface area contributed by atoms with Gasteiger partial charge in [-0.2, -0.15) is 0 Å². The van der Waals surface area contributed by atoms with Crippen LogP contribution in [0.3, 0.4) is 0 Å². The van der Waals surface area contributed by atoms with E-state index < -0.39 is 0 Å². The van der Waals surface area contributed by atoms with Crippen molar-refractivity contribution in [2.75, 3.05) is 26.8 Å². The lowest BCUT2D eigenvalue weighted by atomic mass is 10.0. The number of rotatable bonds is 5. The summed E-state index contributed by atoms with van der Waals surface area (Å²) in [6.07, 6.45) is 1.08. The smallest absolute Gasteiger partial charge is 0.0637 e. The fraction of sp³-hybridized carbons (Fsp3) is 0.667. The summed E-state index contributed by atoms with van der Waals surface area (Å²) in [6.45, 7) is 7.83. The van der Waals surface area contributed by atoms with Crippen LogP contribution in [0.4, 0.5) is 0 Å². The molecule has 2 atom stereocenters. The minimum absolute atomic E-state index is 0.436. The molecule has 1 N–H and O–H groups in total. The molecule has 0 aromatic carbocycles. The summed E-state index contributed by atoms with van der Waals surface area (Å²) >= 11 is 0. The van der Waals surface area contributed by atoms with Crippen molar-refractivity contribution in [1.82, 2.24) is 15.2 Å². The first-order valence-electron chi connectivity index (χ1n) is 7.16. The highest BCUT2D eigenvalue weighted by atomic mass is 16.5. The third-order valence-electron chi connectivity index (χ3n) is 3.88. The Kier molecular flexibility index (Phi) is 5.31. The Bertz CT molecular complexity index is 397. The quantitative estimate of drug-likeness (QED) is 0.875. The predicted molar refractivity (Wildman–Crippen MR) is 77.1 cm³/mol. The van der Waals surface area contributed by atoms with Crippen LogP contribution in [0.2, 0.25) is 0 Å². The third kappa shape index (κ3) is 3.75. The van der Waals surface area contributed by atoms with Crippen LogP contribution in [0, 0.1) is 6.92 Å². The highest BCUT2D eigenvalue weighted by Crippen LogP contribution is 2.16. The standard InChI is InChI=1S/C15H25N3O/c1-4-18(10-13-7-5-6-12(2)17-13)15-11-19-9-8-14(15)16-3/h5-7,14-16H,4,8-11H2,1-3H3. The number of pyridine rings is 1. The van der Waals surface area contributed by atoms with Gasteiger partial charge in [-0.3, -0.25) is 9.88 Å². The number of hydrogen-bond acceptors (Lipinski definition) is 4. The van der Waals surface area contributed by atoms with Gasteiger partial charge in [-0.15, -0.1) is 0 Å². The van der Waals surface area contributed by atoms with E-state index in [0.717, 1.165) is 44.1 Å². The van der Waals surface area contributed by atoms with Crippen LogP contribution in [0.25, 0.3) is 0 Å². The van der Waals surface area contributed by atoms with Gasteiger partial charge in [0.2, 0.25) is 0 Å². The molecule has 2 unspecified atom stereocenters. The number of nitrogens with one attached hydrogen (secondary N) is 1. The Morgan fingerprint density at radius 2 is 2.32 bits per heavy atom. The number of hydrogen-bond donors (Lipinski definition) is 1. The van der Waals surface area contributed by atoms with Crippen molar-refractivity contribution in [3.8, 4) is 0 Å². The van der Waals surface area contributed by atoms with Crippen molar-refractivity contribution >= 4 is 0 Å². The molecule has 1 aromatic rings. The maximum atomic E-state index is 5.66. The molecule has 1 fully saturated rings. The Balaban J connectivity index is 2.06. The van der Waals surface area contributed by atoms with E-state index >= 15 is 0 Å². The van der Waals surface area contributed by atoms with E-state index in [4.69, 9.17) is 4.74 Å². The van der Waals surface area contributed by atoms with Gasteiger partial charge in [0.1, 0.15) is 0 Å². The van der Waals surface area contributed by atoms with Crippen molar-refractivity contribution in [2.24, 2.45) is 0 Å². The molecule has 1 aliphatic rings. The van der Waals surface area contributed by atoms with Gasteiger partial charge in [0.15, 0.2) is 0 Å². The molecule has 2 rings (SSSR count). The molecule has 19 heavy (non-hydrogen) atoms. The molecular formula is C15H25N3O. The molecule has 0 saturated carbocycles. The zero-order valence-electron chi connectivity index (χ0n) is 12.2. The molecule has 2 heterocycles. The average Bonchev–Trinajstić information content (AvgIpc) is 2.45. The number of aryl methyl sites for hydroxylation is 1. The molecule has 4 nitrogen and oxygen atoms in total. The summed E-state index contributed by atoms with van der Waals surface area (Å²) < 4.78 is 5.66. The summed E-state index contributed by atoms with van der Waals surface area (Å²) in [5.41, 5.74) is 2.22. The van der Waals surface area contributed by atoms with Crippen LogP contribution in [0.1, 0.15) is 24.7 Å². The molecule has 106 valence electrons. The molecule has 1 aliphatic heterocycles. The lowest BCUT2D eigenvalue weighted by Gasteiger charge is -2.39. The van der Waals surface area contributed by atoms with Gasteiger partial charge in [0, 0.05) is 30.9 Å². The van der Waals surface area contributed by atoms with Crippen LogP contribution in [0.5, 0.6) is 0 Å². The lowest BCUT2D eigenvalue weighted by Crippen LogP contribution is -2.54. The van der Waals surface area contributed by atoms with Gasteiger partial charge in [-0.1, -0.05) is 13.0 Å². The van der Waals surface area contributed by atoms with E-state index in [1.807, 2.05) is 20.0 Å². The highest BCUT2D eigenvalue weighted by molar-refractivity contribution is 5.10. The van der Waals surface area contributed by atoms with Crippen molar-refractivity contribution in [2.45, 2.75) is 38.9 Å². The maximum absolute atomic E-state index is 5.66. The van der Waals surface area contributed by atoms with Gasteiger partial charge in [0.25, 0.3) is 0 Å². The second-order valence-corrected chi connectivity index (χ2v) is 5.16. The molecule has 0 aliphatic carbocycles. The highest BCUT2D eigenvalue weighted by Gasteiger charge is 2.29. The molecule has 0 amide bonds. The van der Waals surface area contributed by atoms with E-state index in [9.17, 15) is 0 Å². The summed E-state index contributed by atoms with van der Waals surface area (Å²) in [5.74, 6) is 0. The number of ether oxygens (including phenoxy) is 1. The molecule has 0 radical (unpaired) electrons. The Hall–Kier alpha value is -0.970. The number of likely N-dealkylation sites (N-methyl/N-ethyl adjacent to an activating group) is 2. The summed E-state index contributed by atoms with van der Waals surface area (Å²) in [5, 5.41) is 3.42. The van der Waals surface area contributed by atoms with Crippen molar-refractivity contribution in [1.29, 1.82) is 0 Å².